The van der Waals surface area contributed by atoms with Crippen LogP contribution in [-0.4, -0.2) is 35.9 Å². The van der Waals surface area contributed by atoms with E-state index in [4.69, 9.17) is 4.74 Å². The predicted molar refractivity (Wildman–Crippen MR) is 119 cm³/mol. The third-order valence-corrected chi connectivity index (χ3v) is 6.15. The quantitative estimate of drug-likeness (QED) is 0.586. The van der Waals surface area contributed by atoms with Gasteiger partial charge in [0, 0.05) is 16.6 Å². The number of halogens is 1. The third-order valence-electron chi connectivity index (χ3n) is 5.63. The number of carbonyl (C=O) groups excluding carboxylic acids is 3. The number of carbonyl (C=O) groups is 3. The van der Waals surface area contributed by atoms with E-state index in [2.05, 4.69) is 40.4 Å². The van der Waals surface area contributed by atoms with E-state index in [1.54, 1.807) is 41.3 Å². The fourth-order valence-corrected chi connectivity index (χ4v) is 4.17. The highest BCUT2D eigenvalue weighted by atomic mass is 79.9. The van der Waals surface area contributed by atoms with Gasteiger partial charge in [0.25, 0.3) is 11.8 Å². The average molecular weight is 486 g/mol. The van der Waals surface area contributed by atoms with Gasteiger partial charge in [-0.05, 0) is 53.8 Å². The van der Waals surface area contributed by atoms with Crippen LogP contribution in [0, 0.1) is 5.92 Å². The van der Waals surface area contributed by atoms with Gasteiger partial charge in [-0.25, -0.2) is 4.79 Å². The first-order chi connectivity index (χ1) is 14.8. The van der Waals surface area contributed by atoms with Crippen molar-refractivity contribution in [3.63, 3.8) is 0 Å². The number of rotatable bonds is 7. The highest BCUT2D eigenvalue weighted by Crippen LogP contribution is 2.33. The molecule has 0 aromatic heterocycles. The van der Waals surface area contributed by atoms with Crippen LogP contribution in [0.1, 0.15) is 41.8 Å². The maximum atomic E-state index is 13.0. The molecule has 2 aromatic rings. The standard InChI is InChI=1S/C23H24BrN3O4/c1-14(2)9-10-31-18-7-8-19-15(11-18)12-27(20(19)28)13-23(21(29)25-22(30)26-23)16-3-5-17(24)6-4-16/h3-8,11,14H,9-10,12-13H2,1-2H3,(H2,25,26,29,30). The Kier molecular flexibility index (Phi) is 5.75. The molecule has 1 atom stereocenters. The van der Waals surface area contributed by atoms with E-state index in [0.29, 0.717) is 30.2 Å². The second kappa shape index (κ2) is 8.34. The predicted octanol–water partition coefficient (Wildman–Crippen LogP) is 3.56. The molecule has 31 heavy (non-hydrogen) atoms. The lowest BCUT2D eigenvalue weighted by Crippen LogP contribution is -2.52. The summed E-state index contributed by atoms with van der Waals surface area (Å²) in [7, 11) is 0. The molecule has 0 spiro atoms. The molecule has 0 radical (unpaired) electrons. The largest absolute Gasteiger partial charge is 0.494 e. The minimum absolute atomic E-state index is 0.0310. The van der Waals surface area contributed by atoms with E-state index in [-0.39, 0.29) is 12.5 Å². The van der Waals surface area contributed by atoms with Crippen LogP contribution in [-0.2, 0) is 16.9 Å². The maximum absolute atomic E-state index is 13.0. The Hall–Kier alpha value is -2.87. The highest BCUT2D eigenvalue weighted by molar-refractivity contribution is 9.10. The number of ether oxygens (including phenoxy) is 1. The Morgan fingerprint density at radius 1 is 1.13 bits per heavy atom. The van der Waals surface area contributed by atoms with Crippen LogP contribution in [0.3, 0.4) is 0 Å². The summed E-state index contributed by atoms with van der Waals surface area (Å²) >= 11 is 3.38. The lowest BCUT2D eigenvalue weighted by atomic mass is 9.89. The number of nitrogens with zero attached hydrogens (tertiary/aromatic N) is 1. The Morgan fingerprint density at radius 2 is 1.87 bits per heavy atom. The van der Waals surface area contributed by atoms with Gasteiger partial charge in [0.05, 0.1) is 13.2 Å². The summed E-state index contributed by atoms with van der Waals surface area (Å²) in [5, 5.41) is 5.06. The van der Waals surface area contributed by atoms with E-state index in [1.165, 1.54) is 0 Å². The molecule has 4 rings (SSSR count). The van der Waals surface area contributed by atoms with Crippen LogP contribution in [0.25, 0.3) is 0 Å². The molecule has 2 aliphatic heterocycles. The molecule has 2 N–H and O–H groups in total. The van der Waals surface area contributed by atoms with Crippen molar-refractivity contribution in [2.75, 3.05) is 13.2 Å². The molecule has 4 amide bonds. The normalized spacial score (nSPS) is 20.1. The van der Waals surface area contributed by atoms with Gasteiger partial charge < -0.3 is 15.0 Å². The first-order valence-corrected chi connectivity index (χ1v) is 11.0. The van der Waals surface area contributed by atoms with Crippen molar-refractivity contribution in [1.82, 2.24) is 15.5 Å². The molecule has 0 bridgehead atoms. The second-order valence-corrected chi connectivity index (χ2v) is 9.25. The Bertz CT molecular complexity index is 1040. The third kappa shape index (κ3) is 4.17. The van der Waals surface area contributed by atoms with Crippen molar-refractivity contribution < 1.29 is 19.1 Å². The molecule has 1 fully saturated rings. The molecule has 2 aromatic carbocycles. The summed E-state index contributed by atoms with van der Waals surface area (Å²) in [6.07, 6.45) is 0.951. The zero-order valence-corrected chi connectivity index (χ0v) is 19.0. The molecular formula is C23H24BrN3O4. The first-order valence-electron chi connectivity index (χ1n) is 10.2. The summed E-state index contributed by atoms with van der Waals surface area (Å²) in [5.74, 6) is 0.633. The summed E-state index contributed by atoms with van der Waals surface area (Å²) in [6.45, 7) is 5.27. The lowest BCUT2D eigenvalue weighted by molar-refractivity contribution is -0.124. The van der Waals surface area contributed by atoms with Crippen molar-refractivity contribution >= 4 is 33.8 Å². The highest BCUT2D eigenvalue weighted by Gasteiger charge is 2.50. The number of fused-ring (bicyclic) bond motifs is 1. The second-order valence-electron chi connectivity index (χ2n) is 8.33. The number of urea groups is 1. The van der Waals surface area contributed by atoms with E-state index >= 15 is 0 Å². The SMILES string of the molecule is CC(C)CCOc1ccc2c(c1)CN(CC1(c3ccc(Br)cc3)NC(=O)NC1=O)C2=O. The molecular weight excluding hydrogens is 462 g/mol. The van der Waals surface area contributed by atoms with Crippen LogP contribution < -0.4 is 15.4 Å². The van der Waals surface area contributed by atoms with E-state index in [0.717, 1.165) is 22.2 Å². The molecule has 162 valence electrons. The number of nitrogens with one attached hydrogen (secondary N) is 2. The topological polar surface area (TPSA) is 87.7 Å². The summed E-state index contributed by atoms with van der Waals surface area (Å²) in [4.78, 5) is 39.5. The van der Waals surface area contributed by atoms with Gasteiger partial charge in [0.1, 0.15) is 5.75 Å². The van der Waals surface area contributed by atoms with Crippen molar-refractivity contribution in [1.29, 1.82) is 0 Å². The fraction of sp³-hybridized carbons (Fsp3) is 0.348. The van der Waals surface area contributed by atoms with Crippen LogP contribution in [0.5, 0.6) is 5.75 Å². The number of amides is 4. The number of hydrogen-bond donors (Lipinski definition) is 2. The van der Waals surface area contributed by atoms with Crippen molar-refractivity contribution in [2.45, 2.75) is 32.4 Å². The molecule has 2 aliphatic rings. The Balaban J connectivity index is 1.57. The van der Waals surface area contributed by atoms with Crippen molar-refractivity contribution in [2.24, 2.45) is 5.92 Å². The van der Waals surface area contributed by atoms with Gasteiger partial charge in [0.2, 0.25) is 0 Å². The molecule has 0 saturated carbocycles. The van der Waals surface area contributed by atoms with Crippen molar-refractivity contribution in [3.8, 4) is 5.75 Å². The molecule has 0 aliphatic carbocycles. The summed E-state index contributed by atoms with van der Waals surface area (Å²) < 4.78 is 6.67. The van der Waals surface area contributed by atoms with Gasteiger partial charge in [-0.15, -0.1) is 0 Å². The fourth-order valence-electron chi connectivity index (χ4n) is 3.91. The van der Waals surface area contributed by atoms with Crippen LogP contribution in [0.2, 0.25) is 0 Å². The van der Waals surface area contributed by atoms with E-state index < -0.39 is 17.5 Å². The maximum Gasteiger partial charge on any atom is 0.322 e. The molecule has 2 heterocycles. The van der Waals surface area contributed by atoms with Crippen molar-refractivity contribution in [3.05, 3.63) is 63.6 Å². The zero-order valence-electron chi connectivity index (χ0n) is 17.4. The smallest absolute Gasteiger partial charge is 0.322 e. The summed E-state index contributed by atoms with van der Waals surface area (Å²) in [5.41, 5.74) is 0.710. The summed E-state index contributed by atoms with van der Waals surface area (Å²) in [6, 6.07) is 12.0. The molecule has 1 unspecified atom stereocenters. The van der Waals surface area contributed by atoms with Gasteiger partial charge in [-0.1, -0.05) is 41.9 Å². The molecule has 8 heteroatoms. The van der Waals surface area contributed by atoms with Crippen LogP contribution in [0.15, 0.2) is 46.9 Å². The monoisotopic (exact) mass is 485 g/mol. The van der Waals surface area contributed by atoms with Gasteiger partial charge in [-0.3, -0.25) is 14.9 Å². The van der Waals surface area contributed by atoms with Crippen LogP contribution in [0.4, 0.5) is 4.79 Å². The minimum atomic E-state index is -1.34. The minimum Gasteiger partial charge on any atom is -0.494 e. The Morgan fingerprint density at radius 3 is 2.52 bits per heavy atom. The zero-order chi connectivity index (χ0) is 22.2. The van der Waals surface area contributed by atoms with E-state index in [9.17, 15) is 14.4 Å². The number of imide groups is 1. The molecule has 7 nitrogen and oxygen atoms in total. The van der Waals surface area contributed by atoms with Gasteiger partial charge >= 0.3 is 6.03 Å². The average Bonchev–Trinajstić information content (AvgIpc) is 3.18. The van der Waals surface area contributed by atoms with E-state index in [1.807, 2.05) is 6.07 Å². The van der Waals surface area contributed by atoms with Crippen LogP contribution >= 0.6 is 15.9 Å². The Labute approximate surface area is 189 Å². The lowest BCUT2D eigenvalue weighted by Gasteiger charge is -2.31. The number of hydrogen-bond acceptors (Lipinski definition) is 4. The number of benzene rings is 2. The van der Waals surface area contributed by atoms with Gasteiger partial charge in [-0.2, -0.15) is 0 Å². The molecule has 1 saturated heterocycles. The first kappa shape index (κ1) is 21.4. The van der Waals surface area contributed by atoms with Gasteiger partial charge in [0.15, 0.2) is 5.54 Å².